The number of aliphatic hydroxyl groups excluding tert-OH is 1. The molecule has 1 heterocycles. The van der Waals surface area contributed by atoms with Gasteiger partial charge >= 0.3 is 0 Å². The molecule has 4 heteroatoms. The van der Waals surface area contributed by atoms with Gasteiger partial charge in [-0.1, -0.05) is 44.2 Å². The average Bonchev–Trinajstić information content (AvgIpc) is 3.07. The largest absolute Gasteiger partial charge is 0.393 e. The maximum absolute atomic E-state index is 10.8. The third kappa shape index (κ3) is 2.90. The summed E-state index contributed by atoms with van der Waals surface area (Å²) in [5.41, 5.74) is 4.78. The van der Waals surface area contributed by atoms with Crippen LogP contribution in [-0.2, 0) is 0 Å². The lowest BCUT2D eigenvalue weighted by Crippen LogP contribution is -2.56. The second-order valence-electron chi connectivity index (χ2n) is 11.6. The maximum Gasteiger partial charge on any atom is 0.171 e. The number of hydrogen-bond acceptors (Lipinski definition) is 2. The minimum Gasteiger partial charge on any atom is -0.393 e. The van der Waals surface area contributed by atoms with Gasteiger partial charge in [0.2, 0.25) is 0 Å². The van der Waals surface area contributed by atoms with Gasteiger partial charge in [0, 0.05) is 5.70 Å². The third-order valence-corrected chi connectivity index (χ3v) is 10.7. The molecular weight excluding hydrogens is 400 g/mol. The van der Waals surface area contributed by atoms with Gasteiger partial charge in [-0.3, -0.25) is 0 Å². The van der Waals surface area contributed by atoms with Crippen molar-refractivity contribution in [3.8, 4) is 0 Å². The maximum atomic E-state index is 10.8. The number of allylic oxidation sites excluding steroid dienone is 1. The van der Waals surface area contributed by atoms with Crippen LogP contribution in [0, 0.1) is 34.5 Å². The Bertz CT molecular complexity index is 928. The molecule has 5 unspecified atom stereocenters. The minimum atomic E-state index is -0.0835. The Kier molecular flexibility index (Phi) is 4.60. The lowest BCUT2D eigenvalue weighted by Gasteiger charge is -2.61. The molecule has 1 aromatic rings. The van der Waals surface area contributed by atoms with Crippen molar-refractivity contribution in [3.05, 3.63) is 47.2 Å². The molecular formula is C27H36N2OS. The Labute approximate surface area is 192 Å². The normalized spacial score (nSPS) is 46.2. The Morgan fingerprint density at radius 3 is 2.55 bits per heavy atom. The van der Waals surface area contributed by atoms with Gasteiger partial charge in [0.1, 0.15) is 0 Å². The van der Waals surface area contributed by atoms with Crippen LogP contribution in [0.3, 0.4) is 0 Å². The van der Waals surface area contributed by atoms with Crippen molar-refractivity contribution in [1.82, 2.24) is 10.6 Å². The molecule has 6 rings (SSSR count). The molecule has 1 aromatic carbocycles. The van der Waals surface area contributed by atoms with Gasteiger partial charge in [-0.25, -0.2) is 0 Å². The van der Waals surface area contributed by atoms with Gasteiger partial charge in [-0.15, -0.1) is 0 Å². The van der Waals surface area contributed by atoms with Crippen molar-refractivity contribution in [2.75, 3.05) is 0 Å². The van der Waals surface area contributed by atoms with E-state index in [9.17, 15) is 5.11 Å². The predicted molar refractivity (Wildman–Crippen MR) is 128 cm³/mol. The third-order valence-electron chi connectivity index (χ3n) is 10.4. The standard InChI is InChI=1S/C27H36N2OS/c1-26-13-12-21-18(20(26)10-11-23(26)30)9-8-17-14-22-19(15-27(17,21)2)24(29-25(31)28-22)16-6-4-3-5-7-16/h3-7,17-18,20-21,23-24,30H,8-15H2,1-2H3,(H2,28,29,31)/t17?,18?,20?,21?,23-,24?,26-,27-/m0/s1. The van der Waals surface area contributed by atoms with Crippen molar-refractivity contribution in [1.29, 1.82) is 0 Å². The fraction of sp³-hybridized carbons (Fsp3) is 0.667. The van der Waals surface area contributed by atoms with Crippen LogP contribution in [0.1, 0.15) is 76.8 Å². The SMILES string of the molecule is C[C@]12CC3=C(CC1CCC1C2CC[C@@]2(C)C1CC[C@@H]2O)NC(=S)NC3c1ccccc1. The van der Waals surface area contributed by atoms with Crippen molar-refractivity contribution in [2.45, 2.75) is 77.4 Å². The van der Waals surface area contributed by atoms with Crippen LogP contribution in [0.25, 0.3) is 0 Å². The molecule has 0 saturated heterocycles. The second-order valence-corrected chi connectivity index (χ2v) is 12.0. The second kappa shape index (κ2) is 7.05. The van der Waals surface area contributed by atoms with Gasteiger partial charge in [0.25, 0.3) is 0 Å². The van der Waals surface area contributed by atoms with Crippen LogP contribution >= 0.6 is 12.2 Å². The van der Waals surface area contributed by atoms with E-state index < -0.39 is 0 Å². The van der Waals surface area contributed by atoms with Gasteiger partial charge in [0.05, 0.1) is 12.1 Å². The van der Waals surface area contributed by atoms with E-state index in [1.54, 1.807) is 5.57 Å². The number of nitrogens with one attached hydrogen (secondary N) is 2. The molecule has 3 saturated carbocycles. The van der Waals surface area contributed by atoms with Crippen LogP contribution in [0.5, 0.6) is 0 Å². The molecule has 166 valence electrons. The Hall–Kier alpha value is -1.39. The molecule has 0 amide bonds. The van der Waals surface area contributed by atoms with Crippen molar-refractivity contribution < 1.29 is 5.11 Å². The minimum absolute atomic E-state index is 0.0835. The fourth-order valence-corrected chi connectivity index (χ4v) is 8.98. The molecule has 0 bridgehead atoms. The van der Waals surface area contributed by atoms with E-state index in [4.69, 9.17) is 12.2 Å². The summed E-state index contributed by atoms with van der Waals surface area (Å²) in [4.78, 5) is 0. The summed E-state index contributed by atoms with van der Waals surface area (Å²) in [6.07, 6.45) is 9.66. The van der Waals surface area contributed by atoms with Gasteiger partial charge in [-0.2, -0.15) is 0 Å². The predicted octanol–water partition coefficient (Wildman–Crippen LogP) is 5.47. The molecule has 31 heavy (non-hydrogen) atoms. The lowest BCUT2D eigenvalue weighted by molar-refractivity contribution is -0.111. The topological polar surface area (TPSA) is 44.3 Å². The van der Waals surface area contributed by atoms with Crippen LogP contribution in [0.15, 0.2) is 41.6 Å². The Balaban J connectivity index is 1.36. The number of hydrogen-bond donors (Lipinski definition) is 3. The molecule has 3 fully saturated rings. The number of rotatable bonds is 1. The summed E-state index contributed by atoms with van der Waals surface area (Å²) in [5, 5.41) is 18.7. The first kappa shape index (κ1) is 20.2. The molecule has 4 aliphatic carbocycles. The molecule has 3 N–H and O–H groups in total. The van der Waals surface area contributed by atoms with E-state index in [-0.39, 0.29) is 17.6 Å². The molecule has 8 atom stereocenters. The van der Waals surface area contributed by atoms with E-state index in [0.717, 1.165) is 41.6 Å². The number of thiocarbonyl (C=S) groups is 1. The zero-order chi connectivity index (χ0) is 21.4. The van der Waals surface area contributed by atoms with Crippen LogP contribution in [-0.4, -0.2) is 16.3 Å². The van der Waals surface area contributed by atoms with Crippen molar-refractivity contribution >= 4 is 17.3 Å². The van der Waals surface area contributed by atoms with Gasteiger partial charge in [-0.05, 0) is 109 Å². The van der Waals surface area contributed by atoms with Crippen LogP contribution in [0.2, 0.25) is 0 Å². The number of benzene rings is 1. The fourth-order valence-electron chi connectivity index (χ4n) is 8.74. The van der Waals surface area contributed by atoms with E-state index in [0.29, 0.717) is 5.41 Å². The first-order chi connectivity index (χ1) is 14.9. The number of fused-ring (bicyclic) bond motifs is 5. The quantitative estimate of drug-likeness (QED) is 0.511. The van der Waals surface area contributed by atoms with Crippen LogP contribution in [0.4, 0.5) is 0 Å². The van der Waals surface area contributed by atoms with E-state index in [2.05, 4.69) is 54.8 Å². The van der Waals surface area contributed by atoms with E-state index in [1.165, 1.54) is 49.8 Å². The highest BCUT2D eigenvalue weighted by atomic mass is 32.1. The lowest BCUT2D eigenvalue weighted by atomic mass is 9.45. The molecule has 0 spiro atoms. The highest BCUT2D eigenvalue weighted by Crippen LogP contribution is 2.67. The highest BCUT2D eigenvalue weighted by molar-refractivity contribution is 7.80. The highest BCUT2D eigenvalue weighted by Gasteiger charge is 2.60. The monoisotopic (exact) mass is 436 g/mol. The Morgan fingerprint density at radius 1 is 0.968 bits per heavy atom. The van der Waals surface area contributed by atoms with Crippen molar-refractivity contribution in [2.24, 2.45) is 34.5 Å². The van der Waals surface area contributed by atoms with E-state index in [1.807, 2.05) is 0 Å². The van der Waals surface area contributed by atoms with Gasteiger partial charge in [0.15, 0.2) is 5.11 Å². The number of aliphatic hydroxyl groups is 1. The first-order valence-electron chi connectivity index (χ1n) is 12.4. The molecule has 3 nitrogen and oxygen atoms in total. The zero-order valence-corrected chi connectivity index (χ0v) is 19.7. The summed E-state index contributed by atoms with van der Waals surface area (Å²) in [6, 6.07) is 11.0. The summed E-state index contributed by atoms with van der Waals surface area (Å²) in [6.45, 7) is 5.00. The summed E-state index contributed by atoms with van der Waals surface area (Å²) >= 11 is 5.61. The average molecular weight is 437 g/mol. The summed E-state index contributed by atoms with van der Waals surface area (Å²) in [7, 11) is 0. The van der Waals surface area contributed by atoms with Gasteiger partial charge < -0.3 is 15.7 Å². The molecule has 0 aromatic heterocycles. The van der Waals surface area contributed by atoms with Crippen LogP contribution < -0.4 is 10.6 Å². The summed E-state index contributed by atoms with van der Waals surface area (Å²) in [5.74, 6) is 3.04. The smallest absolute Gasteiger partial charge is 0.171 e. The molecule has 5 aliphatic rings. The molecule has 1 aliphatic heterocycles. The Morgan fingerprint density at radius 2 is 1.74 bits per heavy atom. The van der Waals surface area contributed by atoms with E-state index >= 15 is 0 Å². The van der Waals surface area contributed by atoms with Crippen molar-refractivity contribution in [3.63, 3.8) is 0 Å². The zero-order valence-electron chi connectivity index (χ0n) is 18.9. The summed E-state index contributed by atoms with van der Waals surface area (Å²) < 4.78 is 0. The molecule has 0 radical (unpaired) electrons. The first-order valence-corrected chi connectivity index (χ1v) is 12.8.